The Balaban J connectivity index is 2.07. The molecule has 2 aromatic rings. The molecule has 2 heterocycles. The summed E-state index contributed by atoms with van der Waals surface area (Å²) in [5.41, 5.74) is 0. The van der Waals surface area contributed by atoms with Crippen molar-refractivity contribution in [3.63, 3.8) is 0 Å². The van der Waals surface area contributed by atoms with Crippen molar-refractivity contribution in [2.75, 3.05) is 38.6 Å². The predicted molar refractivity (Wildman–Crippen MR) is 79.8 cm³/mol. The number of nitrogens with zero attached hydrogens (tertiary/aromatic N) is 6. The number of rotatable bonds is 8. The Hall–Kier alpha value is -2.22. The van der Waals surface area contributed by atoms with Gasteiger partial charge in [-0.3, -0.25) is 0 Å². The molecule has 8 heteroatoms. The Morgan fingerprint density at radius 3 is 2.67 bits per heavy atom. The molecule has 2 rings (SSSR count). The van der Waals surface area contributed by atoms with Gasteiger partial charge in [0.15, 0.2) is 0 Å². The van der Waals surface area contributed by atoms with E-state index in [9.17, 15) is 0 Å². The van der Waals surface area contributed by atoms with Gasteiger partial charge in [-0.15, -0.1) is 0 Å². The lowest BCUT2D eigenvalue weighted by Gasteiger charge is -2.17. The molecule has 0 saturated heterocycles. The van der Waals surface area contributed by atoms with Crippen LogP contribution in [-0.2, 0) is 0 Å². The molecule has 0 aliphatic heterocycles. The average molecular weight is 291 g/mol. The van der Waals surface area contributed by atoms with E-state index in [0.717, 1.165) is 19.6 Å². The lowest BCUT2D eigenvalue weighted by atomic mass is 10.5. The van der Waals surface area contributed by atoms with Crippen LogP contribution in [0.3, 0.4) is 0 Å². The Bertz CT molecular complexity index is 539. The van der Waals surface area contributed by atoms with Gasteiger partial charge in [0, 0.05) is 26.0 Å². The van der Waals surface area contributed by atoms with Crippen LogP contribution in [0.4, 0.5) is 5.95 Å². The summed E-state index contributed by atoms with van der Waals surface area (Å²) in [6.07, 6.45) is 3.44. The molecule has 0 aromatic carbocycles. The highest BCUT2D eigenvalue weighted by Gasteiger charge is 2.09. The largest absolute Gasteiger partial charge is 0.462 e. The van der Waals surface area contributed by atoms with Crippen molar-refractivity contribution in [3.8, 4) is 12.0 Å². The Kier molecular flexibility index (Phi) is 5.44. The minimum absolute atomic E-state index is 0.298. The van der Waals surface area contributed by atoms with Gasteiger partial charge < -0.3 is 15.0 Å². The van der Waals surface area contributed by atoms with Crippen molar-refractivity contribution in [1.29, 1.82) is 0 Å². The summed E-state index contributed by atoms with van der Waals surface area (Å²) in [5.74, 6) is 0.880. The molecule has 0 atom stereocenters. The van der Waals surface area contributed by atoms with E-state index in [-0.39, 0.29) is 0 Å². The van der Waals surface area contributed by atoms with Crippen LogP contribution in [-0.4, -0.2) is 62.9 Å². The Labute approximate surface area is 124 Å². The molecule has 8 nitrogen and oxygen atoms in total. The Morgan fingerprint density at radius 2 is 2.05 bits per heavy atom. The van der Waals surface area contributed by atoms with Gasteiger partial charge in [0.2, 0.25) is 5.95 Å². The van der Waals surface area contributed by atoms with Gasteiger partial charge in [-0.1, -0.05) is 13.8 Å². The highest BCUT2D eigenvalue weighted by molar-refractivity contribution is 5.28. The summed E-state index contributed by atoms with van der Waals surface area (Å²) in [4.78, 5) is 15.0. The van der Waals surface area contributed by atoms with E-state index in [1.165, 1.54) is 0 Å². The van der Waals surface area contributed by atoms with Crippen LogP contribution in [0, 0.1) is 0 Å². The number of ether oxygens (including phenoxy) is 1. The van der Waals surface area contributed by atoms with Crippen molar-refractivity contribution < 1.29 is 4.74 Å². The van der Waals surface area contributed by atoms with Crippen LogP contribution in [0.25, 0.3) is 5.95 Å². The molecular weight excluding hydrogens is 270 g/mol. The van der Waals surface area contributed by atoms with Crippen LogP contribution in [0.5, 0.6) is 6.01 Å². The van der Waals surface area contributed by atoms with Gasteiger partial charge >= 0.3 is 6.01 Å². The highest BCUT2D eigenvalue weighted by atomic mass is 16.5. The van der Waals surface area contributed by atoms with E-state index in [4.69, 9.17) is 4.74 Å². The second kappa shape index (κ2) is 7.53. The van der Waals surface area contributed by atoms with Gasteiger partial charge in [0.25, 0.3) is 5.95 Å². The minimum atomic E-state index is 0.298. The van der Waals surface area contributed by atoms with Crippen LogP contribution in [0.1, 0.15) is 13.8 Å². The molecule has 21 heavy (non-hydrogen) atoms. The first kappa shape index (κ1) is 15.2. The van der Waals surface area contributed by atoms with E-state index < -0.39 is 0 Å². The molecule has 2 aromatic heterocycles. The molecule has 0 bridgehead atoms. The molecule has 114 valence electrons. The monoisotopic (exact) mass is 291 g/mol. The number of likely N-dealkylation sites (N-methyl/N-ethyl adjacent to an activating group) is 1. The fourth-order valence-electron chi connectivity index (χ4n) is 1.82. The smallest absolute Gasteiger partial charge is 0.323 e. The maximum absolute atomic E-state index is 5.64. The third-order valence-electron chi connectivity index (χ3n) is 3.07. The zero-order valence-electron chi connectivity index (χ0n) is 12.7. The van der Waals surface area contributed by atoms with Crippen LogP contribution < -0.4 is 10.1 Å². The van der Waals surface area contributed by atoms with Crippen LogP contribution in [0.2, 0.25) is 0 Å². The van der Waals surface area contributed by atoms with Crippen LogP contribution in [0.15, 0.2) is 18.5 Å². The summed E-state index contributed by atoms with van der Waals surface area (Å²) >= 11 is 0. The van der Waals surface area contributed by atoms with Gasteiger partial charge in [0.05, 0.1) is 0 Å². The molecule has 0 amide bonds. The summed E-state index contributed by atoms with van der Waals surface area (Å²) in [5, 5.41) is 7.01. The second-order valence-electron chi connectivity index (χ2n) is 4.32. The fourth-order valence-corrected chi connectivity index (χ4v) is 1.82. The minimum Gasteiger partial charge on any atom is -0.462 e. The number of hydrogen-bond acceptors (Lipinski definition) is 7. The van der Waals surface area contributed by atoms with Gasteiger partial charge in [-0.05, 0) is 19.2 Å². The van der Waals surface area contributed by atoms with Crippen molar-refractivity contribution in [1.82, 2.24) is 29.6 Å². The summed E-state index contributed by atoms with van der Waals surface area (Å²) < 4.78 is 7.21. The average Bonchev–Trinajstić information content (AvgIpc) is 3.05. The molecule has 0 fully saturated rings. The van der Waals surface area contributed by atoms with E-state index >= 15 is 0 Å². The lowest BCUT2D eigenvalue weighted by molar-refractivity contribution is 0.212. The molecule has 0 saturated carbocycles. The number of nitrogens with one attached hydrogen (secondary N) is 1. The second-order valence-corrected chi connectivity index (χ2v) is 4.32. The summed E-state index contributed by atoms with van der Waals surface area (Å²) in [6, 6.07) is 2.11. The van der Waals surface area contributed by atoms with Crippen molar-refractivity contribution in [3.05, 3.63) is 18.5 Å². The van der Waals surface area contributed by atoms with Crippen molar-refractivity contribution >= 4 is 5.95 Å². The predicted octanol–water partition coefficient (Wildman–Crippen LogP) is 0.820. The maximum atomic E-state index is 5.64. The van der Waals surface area contributed by atoms with Crippen molar-refractivity contribution in [2.45, 2.75) is 13.8 Å². The van der Waals surface area contributed by atoms with Crippen molar-refractivity contribution in [2.24, 2.45) is 0 Å². The van der Waals surface area contributed by atoms with E-state index in [1.807, 2.05) is 6.07 Å². The van der Waals surface area contributed by atoms with E-state index in [1.54, 1.807) is 24.1 Å². The third kappa shape index (κ3) is 4.12. The SMILES string of the molecule is CCN(CC)CCOc1nc(NC)nc(-n2cccn2)n1. The van der Waals surface area contributed by atoms with E-state index in [2.05, 4.69) is 44.1 Å². The molecular formula is C13H21N7O. The summed E-state index contributed by atoms with van der Waals surface area (Å²) in [6.45, 7) is 7.62. The number of aromatic nitrogens is 5. The van der Waals surface area contributed by atoms with Gasteiger partial charge in [0.1, 0.15) is 6.61 Å². The maximum Gasteiger partial charge on any atom is 0.323 e. The quantitative estimate of drug-likeness (QED) is 0.771. The van der Waals surface area contributed by atoms with Crippen LogP contribution >= 0.6 is 0 Å². The van der Waals surface area contributed by atoms with Gasteiger partial charge in [-0.25, -0.2) is 4.68 Å². The summed E-state index contributed by atoms with van der Waals surface area (Å²) in [7, 11) is 1.75. The molecule has 0 unspecified atom stereocenters. The first-order valence-electron chi connectivity index (χ1n) is 7.05. The lowest BCUT2D eigenvalue weighted by Crippen LogP contribution is -2.28. The topological polar surface area (TPSA) is 81.0 Å². The molecule has 0 aliphatic rings. The zero-order valence-corrected chi connectivity index (χ0v) is 12.7. The normalized spacial score (nSPS) is 10.9. The fraction of sp³-hybridized carbons (Fsp3) is 0.538. The zero-order chi connectivity index (χ0) is 15.1. The molecule has 0 radical (unpaired) electrons. The molecule has 0 aliphatic carbocycles. The molecule has 1 N–H and O–H groups in total. The Morgan fingerprint density at radius 1 is 1.24 bits per heavy atom. The van der Waals surface area contributed by atoms with Gasteiger partial charge in [-0.2, -0.15) is 20.1 Å². The standard InChI is InChI=1S/C13H21N7O/c1-4-19(5-2)9-10-21-13-17-11(14-3)16-12(18-13)20-8-6-7-15-20/h6-8H,4-5,9-10H2,1-3H3,(H,14,16,17,18). The highest BCUT2D eigenvalue weighted by Crippen LogP contribution is 2.10. The van der Waals surface area contributed by atoms with E-state index in [0.29, 0.717) is 24.5 Å². The number of anilines is 1. The first-order valence-corrected chi connectivity index (χ1v) is 7.05. The number of hydrogen-bond donors (Lipinski definition) is 1. The first-order chi connectivity index (χ1) is 10.3. The third-order valence-corrected chi connectivity index (χ3v) is 3.07. The molecule has 0 spiro atoms.